The van der Waals surface area contributed by atoms with Crippen molar-refractivity contribution in [3.8, 4) is 0 Å². The van der Waals surface area contributed by atoms with Crippen molar-refractivity contribution in [3.05, 3.63) is 66.1 Å². The normalized spacial score (nSPS) is 15.8. The first-order valence-electron chi connectivity index (χ1n) is 9.56. The molecule has 0 unspecified atom stereocenters. The van der Waals surface area contributed by atoms with Gasteiger partial charge in [0.2, 0.25) is 0 Å². The molecule has 0 bridgehead atoms. The average Bonchev–Trinajstić information content (AvgIpc) is 3.17. The highest BCUT2D eigenvalue weighted by Crippen LogP contribution is 2.34. The number of para-hydroxylation sites is 2. The van der Waals surface area contributed by atoms with Crippen molar-refractivity contribution in [2.24, 2.45) is 0 Å². The van der Waals surface area contributed by atoms with Gasteiger partial charge in [0.05, 0.1) is 5.52 Å². The highest BCUT2D eigenvalue weighted by molar-refractivity contribution is 5.89. The van der Waals surface area contributed by atoms with Gasteiger partial charge in [-0.25, -0.2) is 18.7 Å². The molecule has 2 aromatic carbocycles. The van der Waals surface area contributed by atoms with Gasteiger partial charge in [0.25, 0.3) is 6.43 Å². The van der Waals surface area contributed by atoms with Crippen LogP contribution >= 0.6 is 0 Å². The molecule has 3 heterocycles. The zero-order chi connectivity index (χ0) is 19.1. The van der Waals surface area contributed by atoms with Crippen LogP contribution in [0.4, 0.5) is 14.6 Å². The number of halogens is 2. The number of nitrogens with zero attached hydrogens (tertiary/aromatic N) is 3. The lowest BCUT2D eigenvalue weighted by Gasteiger charge is -2.33. The second-order valence-electron chi connectivity index (χ2n) is 7.30. The van der Waals surface area contributed by atoms with Crippen molar-refractivity contribution in [2.45, 2.75) is 25.2 Å². The highest BCUT2D eigenvalue weighted by Gasteiger charge is 2.25. The lowest BCUT2D eigenvalue weighted by molar-refractivity contribution is 0.141. The average molecular weight is 378 g/mol. The van der Waals surface area contributed by atoms with Crippen LogP contribution in [0.2, 0.25) is 0 Å². The smallest absolute Gasteiger partial charge is 0.297 e. The Labute approximate surface area is 161 Å². The van der Waals surface area contributed by atoms with Crippen LogP contribution in [0.25, 0.3) is 21.8 Å². The van der Waals surface area contributed by atoms with Crippen molar-refractivity contribution >= 4 is 27.6 Å². The van der Waals surface area contributed by atoms with Gasteiger partial charge >= 0.3 is 0 Å². The van der Waals surface area contributed by atoms with E-state index < -0.39 is 12.2 Å². The van der Waals surface area contributed by atoms with Gasteiger partial charge in [-0.2, -0.15) is 0 Å². The molecule has 1 saturated heterocycles. The van der Waals surface area contributed by atoms with Crippen LogP contribution in [0.15, 0.2) is 54.6 Å². The Morgan fingerprint density at radius 3 is 2.50 bits per heavy atom. The quantitative estimate of drug-likeness (QED) is 0.517. The highest BCUT2D eigenvalue weighted by atomic mass is 19.3. The van der Waals surface area contributed by atoms with E-state index in [4.69, 9.17) is 0 Å². The molecule has 0 radical (unpaired) electrons. The minimum Gasteiger partial charge on any atom is -0.358 e. The van der Waals surface area contributed by atoms with E-state index in [1.807, 2.05) is 30.3 Å². The first-order chi connectivity index (χ1) is 13.7. The summed E-state index contributed by atoms with van der Waals surface area (Å²) in [5.74, 6) is 0.661. The number of aromatic nitrogens is 3. The Morgan fingerprint density at radius 1 is 0.964 bits per heavy atom. The summed E-state index contributed by atoms with van der Waals surface area (Å²) in [6.07, 6.45) is -0.767. The number of piperidine rings is 1. The summed E-state index contributed by atoms with van der Waals surface area (Å²) in [6, 6.07) is 17.9. The summed E-state index contributed by atoms with van der Waals surface area (Å²) in [5, 5.41) is 2.05. The monoisotopic (exact) mass is 378 g/mol. The van der Waals surface area contributed by atoms with Crippen LogP contribution in [-0.2, 0) is 0 Å². The van der Waals surface area contributed by atoms with Crippen LogP contribution in [-0.4, -0.2) is 28.0 Å². The third-order valence-electron chi connectivity index (χ3n) is 5.58. The van der Waals surface area contributed by atoms with Crippen molar-refractivity contribution in [1.29, 1.82) is 0 Å². The Balaban J connectivity index is 1.42. The maximum atomic E-state index is 13.3. The molecule has 0 atom stereocenters. The number of nitrogens with one attached hydrogen (secondary N) is 1. The number of H-pyrrole nitrogens is 1. The van der Waals surface area contributed by atoms with Crippen LogP contribution in [0, 0.1) is 0 Å². The van der Waals surface area contributed by atoms with Crippen LogP contribution < -0.4 is 4.90 Å². The zero-order valence-corrected chi connectivity index (χ0v) is 15.3. The van der Waals surface area contributed by atoms with Gasteiger partial charge in [0.1, 0.15) is 5.82 Å². The van der Waals surface area contributed by atoms with Gasteiger partial charge in [0, 0.05) is 35.6 Å². The summed E-state index contributed by atoms with van der Waals surface area (Å²) in [7, 11) is 0. The molecule has 1 fully saturated rings. The standard InChI is InChI=1S/C22H20F2N4/c23-20(24)21-26-18-8-4-2-6-16(18)22(27-21)28-11-9-14(10-12-28)19-13-15-5-1-3-7-17(15)25-19/h1-8,13-14,20,25H,9-12H2. The number of anilines is 1. The molecule has 28 heavy (non-hydrogen) atoms. The van der Waals surface area contributed by atoms with Gasteiger partial charge < -0.3 is 9.88 Å². The molecule has 1 aliphatic rings. The molecule has 6 heteroatoms. The minimum atomic E-state index is -2.67. The van der Waals surface area contributed by atoms with E-state index >= 15 is 0 Å². The number of alkyl halides is 2. The SMILES string of the molecule is FC(F)c1nc(N2CCC(c3cc4ccccc4[nH]3)CC2)c2ccccc2n1. The molecule has 1 N–H and O–H groups in total. The third-order valence-corrected chi connectivity index (χ3v) is 5.58. The number of hydrogen-bond donors (Lipinski definition) is 1. The molecule has 5 rings (SSSR count). The fourth-order valence-electron chi connectivity index (χ4n) is 4.13. The lowest BCUT2D eigenvalue weighted by Crippen LogP contribution is -2.34. The van der Waals surface area contributed by atoms with Crippen molar-refractivity contribution in [2.75, 3.05) is 18.0 Å². The molecule has 2 aromatic heterocycles. The van der Waals surface area contributed by atoms with Crippen LogP contribution in [0.1, 0.15) is 36.7 Å². The Bertz CT molecular complexity index is 1100. The molecule has 1 aliphatic heterocycles. The minimum absolute atomic E-state index is 0.397. The number of fused-ring (bicyclic) bond motifs is 2. The molecule has 0 amide bonds. The molecule has 4 nitrogen and oxygen atoms in total. The molecule has 4 aromatic rings. The molecule has 0 saturated carbocycles. The number of aromatic amines is 1. The first-order valence-corrected chi connectivity index (χ1v) is 9.56. The number of benzene rings is 2. The Kier molecular flexibility index (Phi) is 4.19. The van der Waals surface area contributed by atoms with Crippen LogP contribution in [0.5, 0.6) is 0 Å². The van der Waals surface area contributed by atoms with Crippen molar-refractivity contribution in [3.63, 3.8) is 0 Å². The zero-order valence-electron chi connectivity index (χ0n) is 15.3. The topological polar surface area (TPSA) is 44.8 Å². The van der Waals surface area contributed by atoms with E-state index in [9.17, 15) is 8.78 Å². The predicted octanol–water partition coefficient (Wildman–Crippen LogP) is 5.43. The Hall–Kier alpha value is -3.02. The predicted molar refractivity (Wildman–Crippen MR) is 107 cm³/mol. The van der Waals surface area contributed by atoms with E-state index in [0.717, 1.165) is 36.8 Å². The second kappa shape index (κ2) is 6.86. The molecule has 0 spiro atoms. The largest absolute Gasteiger partial charge is 0.358 e. The molecular formula is C22H20F2N4. The Morgan fingerprint density at radius 2 is 1.71 bits per heavy atom. The number of hydrogen-bond acceptors (Lipinski definition) is 3. The van der Waals surface area contributed by atoms with Crippen molar-refractivity contribution in [1.82, 2.24) is 15.0 Å². The van der Waals surface area contributed by atoms with Crippen molar-refractivity contribution < 1.29 is 8.78 Å². The van der Waals surface area contributed by atoms with E-state index in [1.54, 1.807) is 6.07 Å². The van der Waals surface area contributed by atoms with Gasteiger partial charge in [-0.05, 0) is 42.5 Å². The van der Waals surface area contributed by atoms with E-state index in [-0.39, 0.29) is 0 Å². The van der Waals surface area contributed by atoms with Gasteiger partial charge in [-0.15, -0.1) is 0 Å². The summed E-state index contributed by atoms with van der Waals surface area (Å²) in [6.45, 7) is 1.56. The van der Waals surface area contributed by atoms with E-state index in [2.05, 4.69) is 38.1 Å². The maximum Gasteiger partial charge on any atom is 0.297 e. The second-order valence-corrected chi connectivity index (χ2v) is 7.30. The maximum absolute atomic E-state index is 13.3. The molecule has 142 valence electrons. The first kappa shape index (κ1) is 17.1. The summed E-state index contributed by atoms with van der Waals surface area (Å²) < 4.78 is 26.6. The molecular weight excluding hydrogens is 358 g/mol. The lowest BCUT2D eigenvalue weighted by atomic mass is 9.93. The van der Waals surface area contributed by atoms with E-state index in [1.165, 1.54) is 11.1 Å². The number of rotatable bonds is 3. The molecule has 0 aliphatic carbocycles. The van der Waals surface area contributed by atoms with Gasteiger partial charge in [-0.1, -0.05) is 30.3 Å². The fraction of sp³-hybridized carbons (Fsp3) is 0.273. The summed E-state index contributed by atoms with van der Waals surface area (Å²) in [4.78, 5) is 13.9. The van der Waals surface area contributed by atoms with Gasteiger partial charge in [-0.3, -0.25) is 0 Å². The van der Waals surface area contributed by atoms with E-state index in [0.29, 0.717) is 17.3 Å². The van der Waals surface area contributed by atoms with Crippen LogP contribution in [0.3, 0.4) is 0 Å². The summed E-state index contributed by atoms with van der Waals surface area (Å²) >= 11 is 0. The fourth-order valence-corrected chi connectivity index (χ4v) is 4.13. The van der Waals surface area contributed by atoms with Gasteiger partial charge in [0.15, 0.2) is 5.82 Å². The third kappa shape index (κ3) is 2.99. The summed E-state index contributed by atoms with van der Waals surface area (Å²) in [5.41, 5.74) is 2.98.